The summed E-state index contributed by atoms with van der Waals surface area (Å²) in [5.41, 5.74) is 4.36. The second-order valence-corrected chi connectivity index (χ2v) is 6.08. The van der Waals surface area contributed by atoms with Crippen LogP contribution in [0, 0.1) is 19.8 Å². The summed E-state index contributed by atoms with van der Waals surface area (Å²) in [6.45, 7) is 8.18. The van der Waals surface area contributed by atoms with Crippen molar-refractivity contribution in [3.8, 4) is 0 Å². The fraction of sp³-hybridized carbons (Fsp3) is 0.333. The molecule has 1 aromatic heterocycles. The molecule has 0 saturated heterocycles. The largest absolute Gasteiger partial charge is 0.354 e. The molecule has 1 heterocycles. The van der Waals surface area contributed by atoms with Gasteiger partial charge in [0.25, 0.3) is 0 Å². The van der Waals surface area contributed by atoms with Crippen LogP contribution >= 0.6 is 0 Å². The average molecular weight is 297 g/mol. The number of benzene rings is 1. The van der Waals surface area contributed by atoms with Crippen LogP contribution in [-0.4, -0.2) is 10.9 Å². The van der Waals surface area contributed by atoms with E-state index in [9.17, 15) is 4.79 Å². The number of carbonyl (C=O) groups excluding carboxylic acids is 1. The summed E-state index contributed by atoms with van der Waals surface area (Å²) in [6.07, 6.45) is 2.23. The summed E-state index contributed by atoms with van der Waals surface area (Å²) < 4.78 is 0. The van der Waals surface area contributed by atoms with Gasteiger partial charge in [-0.1, -0.05) is 19.9 Å². The molecule has 0 spiro atoms. The number of nitrogens with one attached hydrogen (secondary N) is 2. The Hall–Kier alpha value is -2.36. The van der Waals surface area contributed by atoms with Crippen LogP contribution in [0.3, 0.4) is 0 Å². The van der Waals surface area contributed by atoms with E-state index in [0.29, 0.717) is 18.2 Å². The first-order valence-electron chi connectivity index (χ1n) is 7.53. The average Bonchev–Trinajstić information content (AvgIpc) is 2.39. The first-order chi connectivity index (χ1) is 10.4. The molecule has 0 aliphatic carbocycles. The predicted molar refractivity (Wildman–Crippen MR) is 91.5 cm³/mol. The highest BCUT2D eigenvalue weighted by Gasteiger charge is 2.06. The molecular weight excluding hydrogens is 274 g/mol. The summed E-state index contributed by atoms with van der Waals surface area (Å²) >= 11 is 0. The van der Waals surface area contributed by atoms with Gasteiger partial charge in [-0.3, -0.25) is 4.79 Å². The van der Waals surface area contributed by atoms with Gasteiger partial charge in [0.15, 0.2) is 0 Å². The van der Waals surface area contributed by atoms with Gasteiger partial charge in [-0.05, 0) is 55.2 Å². The Labute approximate surface area is 132 Å². The van der Waals surface area contributed by atoms with Crippen LogP contribution in [0.4, 0.5) is 17.2 Å². The van der Waals surface area contributed by atoms with Gasteiger partial charge in [0.1, 0.15) is 5.82 Å². The van der Waals surface area contributed by atoms with Gasteiger partial charge < -0.3 is 10.6 Å². The van der Waals surface area contributed by atoms with E-state index in [0.717, 1.165) is 11.4 Å². The maximum absolute atomic E-state index is 11.7. The molecule has 2 aromatic rings. The molecule has 4 heteroatoms. The van der Waals surface area contributed by atoms with E-state index in [2.05, 4.69) is 47.7 Å². The monoisotopic (exact) mass is 297 g/mol. The molecule has 1 amide bonds. The molecule has 1 aromatic carbocycles. The number of amides is 1. The lowest BCUT2D eigenvalue weighted by Crippen LogP contribution is -2.14. The van der Waals surface area contributed by atoms with Gasteiger partial charge in [-0.25, -0.2) is 4.98 Å². The molecule has 0 fully saturated rings. The van der Waals surface area contributed by atoms with Crippen molar-refractivity contribution in [2.45, 2.75) is 34.1 Å². The van der Waals surface area contributed by atoms with Crippen LogP contribution < -0.4 is 10.6 Å². The second-order valence-electron chi connectivity index (χ2n) is 6.08. The summed E-state index contributed by atoms with van der Waals surface area (Å²) in [7, 11) is 0. The zero-order valence-electron chi connectivity index (χ0n) is 13.6. The van der Waals surface area contributed by atoms with Crippen LogP contribution in [-0.2, 0) is 4.79 Å². The quantitative estimate of drug-likeness (QED) is 0.858. The highest BCUT2D eigenvalue weighted by molar-refractivity contribution is 5.89. The standard InChI is InChI=1S/C18H23N3O/c1-12(2)7-18(22)21-17-6-5-15(11-19-17)20-16-9-13(3)8-14(4)10-16/h5-6,8-12,20H,7H2,1-4H3,(H,19,21,22). The van der Waals surface area contributed by atoms with Crippen LogP contribution in [0.2, 0.25) is 0 Å². The van der Waals surface area contributed by atoms with E-state index in [-0.39, 0.29) is 5.91 Å². The van der Waals surface area contributed by atoms with Crippen LogP contribution in [0.25, 0.3) is 0 Å². The highest BCUT2D eigenvalue weighted by atomic mass is 16.1. The van der Waals surface area contributed by atoms with E-state index >= 15 is 0 Å². The number of hydrogen-bond donors (Lipinski definition) is 2. The number of nitrogens with zero attached hydrogens (tertiary/aromatic N) is 1. The third kappa shape index (κ3) is 4.88. The van der Waals surface area contributed by atoms with Gasteiger partial charge >= 0.3 is 0 Å². The van der Waals surface area contributed by atoms with Gasteiger partial charge in [-0.2, -0.15) is 0 Å². The summed E-state index contributed by atoms with van der Waals surface area (Å²) in [6, 6.07) is 10.0. The maximum atomic E-state index is 11.7. The first-order valence-corrected chi connectivity index (χ1v) is 7.53. The Kier molecular flexibility index (Phi) is 5.15. The van der Waals surface area contributed by atoms with Gasteiger partial charge in [-0.15, -0.1) is 0 Å². The minimum atomic E-state index is -0.00230. The zero-order chi connectivity index (χ0) is 16.1. The molecule has 22 heavy (non-hydrogen) atoms. The lowest BCUT2D eigenvalue weighted by molar-refractivity contribution is -0.116. The molecule has 0 atom stereocenters. The van der Waals surface area contributed by atoms with Crippen molar-refractivity contribution in [2.75, 3.05) is 10.6 Å². The summed E-state index contributed by atoms with van der Waals surface area (Å²) in [5, 5.41) is 6.13. The fourth-order valence-corrected chi connectivity index (χ4v) is 2.32. The minimum Gasteiger partial charge on any atom is -0.354 e. The number of rotatable bonds is 5. The number of pyridine rings is 1. The Morgan fingerprint density at radius 1 is 1.09 bits per heavy atom. The molecule has 0 radical (unpaired) electrons. The molecule has 0 aliphatic heterocycles. The zero-order valence-corrected chi connectivity index (χ0v) is 13.6. The number of aryl methyl sites for hydroxylation is 2. The predicted octanol–water partition coefficient (Wildman–Crippen LogP) is 4.43. The number of anilines is 3. The molecule has 2 rings (SSSR count). The number of aromatic nitrogens is 1. The highest BCUT2D eigenvalue weighted by Crippen LogP contribution is 2.20. The Bertz CT molecular complexity index is 628. The molecule has 116 valence electrons. The third-order valence-corrected chi connectivity index (χ3v) is 3.13. The first kappa shape index (κ1) is 16.0. The van der Waals surface area contributed by atoms with Crippen LogP contribution in [0.15, 0.2) is 36.5 Å². The molecule has 2 N–H and O–H groups in total. The van der Waals surface area contributed by atoms with Crippen molar-refractivity contribution in [2.24, 2.45) is 5.92 Å². The van der Waals surface area contributed by atoms with Gasteiger partial charge in [0.2, 0.25) is 5.91 Å². The van der Waals surface area contributed by atoms with Crippen LogP contribution in [0.5, 0.6) is 0 Å². The van der Waals surface area contributed by atoms with Crippen LogP contribution in [0.1, 0.15) is 31.4 Å². The van der Waals surface area contributed by atoms with Crippen molar-refractivity contribution >= 4 is 23.1 Å². The fourth-order valence-electron chi connectivity index (χ4n) is 2.32. The number of carbonyl (C=O) groups is 1. The third-order valence-electron chi connectivity index (χ3n) is 3.13. The SMILES string of the molecule is Cc1cc(C)cc(Nc2ccc(NC(=O)CC(C)C)nc2)c1. The molecule has 0 unspecified atom stereocenters. The van der Waals surface area contributed by atoms with E-state index in [1.165, 1.54) is 11.1 Å². The minimum absolute atomic E-state index is 0.00230. The van der Waals surface area contributed by atoms with Crippen molar-refractivity contribution in [3.63, 3.8) is 0 Å². The van der Waals surface area contributed by atoms with Crippen molar-refractivity contribution < 1.29 is 4.79 Å². The lowest BCUT2D eigenvalue weighted by atomic mass is 10.1. The second kappa shape index (κ2) is 7.07. The van der Waals surface area contributed by atoms with Gasteiger partial charge in [0, 0.05) is 12.1 Å². The Morgan fingerprint density at radius 3 is 2.32 bits per heavy atom. The maximum Gasteiger partial charge on any atom is 0.225 e. The molecule has 0 bridgehead atoms. The molecular formula is C18H23N3O. The topological polar surface area (TPSA) is 54.0 Å². The van der Waals surface area contributed by atoms with Gasteiger partial charge in [0.05, 0.1) is 11.9 Å². The Morgan fingerprint density at radius 2 is 1.77 bits per heavy atom. The lowest BCUT2D eigenvalue weighted by Gasteiger charge is -2.10. The Balaban J connectivity index is 2.01. The van der Waals surface area contributed by atoms with E-state index < -0.39 is 0 Å². The van der Waals surface area contributed by atoms with Crippen molar-refractivity contribution in [3.05, 3.63) is 47.7 Å². The summed E-state index contributed by atoms with van der Waals surface area (Å²) in [5.74, 6) is 0.916. The normalized spacial score (nSPS) is 10.6. The van der Waals surface area contributed by atoms with Crippen molar-refractivity contribution in [1.82, 2.24) is 4.98 Å². The number of hydrogen-bond acceptors (Lipinski definition) is 3. The van der Waals surface area contributed by atoms with E-state index in [1.807, 2.05) is 26.0 Å². The smallest absolute Gasteiger partial charge is 0.225 e. The molecule has 4 nitrogen and oxygen atoms in total. The van der Waals surface area contributed by atoms with Crippen molar-refractivity contribution in [1.29, 1.82) is 0 Å². The molecule has 0 saturated carbocycles. The summed E-state index contributed by atoms with van der Waals surface area (Å²) in [4.78, 5) is 16.0. The van der Waals surface area contributed by atoms with E-state index in [1.54, 1.807) is 6.20 Å². The van der Waals surface area contributed by atoms with E-state index in [4.69, 9.17) is 0 Å². The molecule has 0 aliphatic rings.